The predicted octanol–water partition coefficient (Wildman–Crippen LogP) is 1.31. The smallest absolute Gasteiger partial charge is 0.431 e. The lowest BCUT2D eigenvalue weighted by Gasteiger charge is -2.25. The summed E-state index contributed by atoms with van der Waals surface area (Å²) in [7, 11) is -6.37. The van der Waals surface area contributed by atoms with E-state index >= 15 is 0 Å². The molecule has 2 saturated carbocycles. The van der Waals surface area contributed by atoms with Crippen LogP contribution in [0.15, 0.2) is 0 Å². The molecule has 3 rings (SSSR count). The van der Waals surface area contributed by atoms with Gasteiger partial charge in [-0.25, -0.2) is 0 Å². The second kappa shape index (κ2) is 7.62. The SMILES string of the molecule is O=C(CCC(=O)OC1C2CC3C(=O)OC1C3C2)OCCC(F)(F)C(F)(F)S(=O)(=O)O. The first kappa shape index (κ1) is 22.7. The van der Waals surface area contributed by atoms with Crippen molar-refractivity contribution in [3.63, 3.8) is 0 Å². The number of carbonyl (C=O) groups excluding carboxylic acids is 3. The number of rotatable bonds is 9. The minimum Gasteiger partial charge on any atom is -0.465 e. The summed E-state index contributed by atoms with van der Waals surface area (Å²) in [6.45, 7) is -1.27. The summed E-state index contributed by atoms with van der Waals surface area (Å²) < 4.78 is 96.3. The van der Waals surface area contributed by atoms with E-state index < -0.39 is 71.3 Å². The minimum absolute atomic E-state index is 0.00722. The lowest BCUT2D eigenvalue weighted by atomic mass is 9.88. The molecule has 5 atom stereocenters. The Morgan fingerprint density at radius 2 is 1.77 bits per heavy atom. The highest BCUT2D eigenvalue weighted by molar-refractivity contribution is 7.87. The van der Waals surface area contributed by atoms with Gasteiger partial charge < -0.3 is 14.2 Å². The maximum absolute atomic E-state index is 13.3. The summed E-state index contributed by atoms with van der Waals surface area (Å²) >= 11 is 0. The second-order valence-electron chi connectivity index (χ2n) is 7.52. The highest BCUT2D eigenvalue weighted by Gasteiger charge is 2.65. The van der Waals surface area contributed by atoms with Crippen LogP contribution in [0.1, 0.15) is 32.1 Å². The summed E-state index contributed by atoms with van der Waals surface area (Å²) in [5.41, 5.74) is 0. The van der Waals surface area contributed by atoms with Crippen molar-refractivity contribution >= 4 is 28.0 Å². The fourth-order valence-electron chi connectivity index (χ4n) is 4.18. The third-order valence-electron chi connectivity index (χ3n) is 5.64. The molecule has 30 heavy (non-hydrogen) atoms. The molecule has 0 aromatic rings. The molecule has 1 saturated heterocycles. The molecule has 170 valence electrons. The van der Waals surface area contributed by atoms with Crippen molar-refractivity contribution in [1.29, 1.82) is 0 Å². The van der Waals surface area contributed by atoms with Crippen LogP contribution < -0.4 is 0 Å². The zero-order chi connectivity index (χ0) is 22.5. The van der Waals surface area contributed by atoms with Crippen LogP contribution in [0, 0.1) is 17.8 Å². The summed E-state index contributed by atoms with van der Waals surface area (Å²) in [6.07, 6.45) is -2.80. The van der Waals surface area contributed by atoms with Crippen molar-refractivity contribution < 1.29 is 59.1 Å². The number of hydrogen-bond acceptors (Lipinski definition) is 8. The summed E-state index contributed by atoms with van der Waals surface area (Å²) in [4.78, 5) is 35.1. The van der Waals surface area contributed by atoms with Crippen molar-refractivity contribution in [1.82, 2.24) is 0 Å². The lowest BCUT2D eigenvalue weighted by Crippen LogP contribution is -2.47. The molecule has 2 aliphatic carbocycles. The Kier molecular flexibility index (Phi) is 5.77. The van der Waals surface area contributed by atoms with E-state index in [1.165, 1.54) is 0 Å². The van der Waals surface area contributed by atoms with Gasteiger partial charge in [-0.05, 0) is 12.8 Å². The molecule has 1 heterocycles. The van der Waals surface area contributed by atoms with Crippen molar-refractivity contribution in [3.05, 3.63) is 0 Å². The zero-order valence-electron chi connectivity index (χ0n) is 15.3. The highest BCUT2D eigenvalue weighted by Crippen LogP contribution is 2.55. The first-order valence-corrected chi connectivity index (χ1v) is 10.5. The molecule has 9 nitrogen and oxygen atoms in total. The van der Waals surface area contributed by atoms with E-state index in [2.05, 4.69) is 4.74 Å². The van der Waals surface area contributed by atoms with Gasteiger partial charge in [0.25, 0.3) is 0 Å². The molecule has 2 bridgehead atoms. The van der Waals surface area contributed by atoms with Gasteiger partial charge in [-0.15, -0.1) is 0 Å². The third kappa shape index (κ3) is 3.98. The molecule has 14 heteroatoms. The normalized spacial score (nSPS) is 30.3. The summed E-state index contributed by atoms with van der Waals surface area (Å²) in [5, 5.41) is -5.75. The van der Waals surface area contributed by atoms with E-state index in [0.717, 1.165) is 0 Å². The fraction of sp³-hybridized carbons (Fsp3) is 0.812. The molecule has 1 N–H and O–H groups in total. The van der Waals surface area contributed by atoms with E-state index in [0.29, 0.717) is 12.8 Å². The van der Waals surface area contributed by atoms with E-state index in [-0.39, 0.29) is 23.7 Å². The lowest BCUT2D eigenvalue weighted by molar-refractivity contribution is -0.175. The Morgan fingerprint density at radius 3 is 2.40 bits per heavy atom. The number of fused-ring (bicyclic) bond motifs is 1. The van der Waals surface area contributed by atoms with E-state index in [9.17, 15) is 40.4 Å². The predicted molar refractivity (Wildman–Crippen MR) is 85.7 cm³/mol. The largest absolute Gasteiger partial charge is 0.465 e. The molecule has 0 spiro atoms. The van der Waals surface area contributed by atoms with Crippen LogP contribution in [-0.4, -0.2) is 60.9 Å². The van der Waals surface area contributed by atoms with Crippen LogP contribution >= 0.6 is 0 Å². The van der Waals surface area contributed by atoms with Gasteiger partial charge in [0.15, 0.2) is 0 Å². The van der Waals surface area contributed by atoms with Crippen molar-refractivity contribution in [3.8, 4) is 0 Å². The molecule has 3 aliphatic rings. The van der Waals surface area contributed by atoms with Crippen LogP contribution in [0.3, 0.4) is 0 Å². The van der Waals surface area contributed by atoms with Gasteiger partial charge in [0.2, 0.25) is 0 Å². The first-order valence-electron chi connectivity index (χ1n) is 9.03. The van der Waals surface area contributed by atoms with E-state index in [1.54, 1.807) is 0 Å². The van der Waals surface area contributed by atoms with Crippen LogP contribution in [0.2, 0.25) is 0 Å². The number of esters is 3. The monoisotopic (exact) mass is 462 g/mol. The van der Waals surface area contributed by atoms with Crippen LogP contribution in [0.25, 0.3) is 0 Å². The number of carbonyl (C=O) groups is 3. The topological polar surface area (TPSA) is 133 Å². The van der Waals surface area contributed by atoms with Gasteiger partial charge in [-0.2, -0.15) is 26.0 Å². The van der Waals surface area contributed by atoms with Gasteiger partial charge in [0, 0.05) is 11.8 Å². The molecular formula is C16H18F4O9S. The number of ether oxygens (including phenoxy) is 3. The maximum atomic E-state index is 13.3. The van der Waals surface area contributed by atoms with Gasteiger partial charge >= 0.3 is 39.2 Å². The quantitative estimate of drug-likeness (QED) is 0.233. The second-order valence-corrected chi connectivity index (χ2v) is 8.99. The highest BCUT2D eigenvalue weighted by atomic mass is 32.2. The van der Waals surface area contributed by atoms with Crippen LogP contribution in [0.5, 0.6) is 0 Å². The van der Waals surface area contributed by atoms with E-state index in [4.69, 9.17) is 14.0 Å². The average Bonchev–Trinajstić information content (AvgIpc) is 3.24. The van der Waals surface area contributed by atoms with Gasteiger partial charge in [-0.1, -0.05) is 0 Å². The Morgan fingerprint density at radius 1 is 1.13 bits per heavy atom. The Balaban J connectivity index is 1.39. The van der Waals surface area contributed by atoms with Crippen LogP contribution in [0.4, 0.5) is 17.6 Å². The number of halogens is 4. The van der Waals surface area contributed by atoms with E-state index in [1.807, 2.05) is 0 Å². The van der Waals surface area contributed by atoms with Gasteiger partial charge in [0.1, 0.15) is 12.2 Å². The van der Waals surface area contributed by atoms with Gasteiger partial charge in [-0.3, -0.25) is 18.9 Å². The molecule has 0 aromatic carbocycles. The first-order chi connectivity index (χ1) is 13.7. The van der Waals surface area contributed by atoms with Crippen molar-refractivity contribution in [2.45, 2.75) is 55.5 Å². The number of hydrogen-bond donors (Lipinski definition) is 1. The maximum Gasteiger partial charge on any atom is 0.431 e. The van der Waals surface area contributed by atoms with Crippen molar-refractivity contribution in [2.24, 2.45) is 17.8 Å². The summed E-state index contributed by atoms with van der Waals surface area (Å²) in [5.74, 6) is -7.64. The Hall–Kier alpha value is -1.96. The van der Waals surface area contributed by atoms with Gasteiger partial charge in [0.05, 0.1) is 31.8 Å². The standard InChI is InChI=1S/C16H18F4O9S/c17-15(18,16(19,20)30(24,25)26)3-4-27-10(21)1-2-11(22)28-12-7-5-8-9(6-7)14(23)29-13(8)12/h7-9,12-13H,1-6H2,(H,24,25,26). The third-order valence-corrected chi connectivity index (χ3v) is 6.59. The molecule has 0 amide bonds. The molecule has 5 unspecified atom stereocenters. The molecular weight excluding hydrogens is 444 g/mol. The molecule has 0 aromatic heterocycles. The minimum atomic E-state index is -6.37. The molecule has 1 aliphatic heterocycles. The average molecular weight is 462 g/mol. The Labute approximate surface area is 167 Å². The molecule has 0 radical (unpaired) electrons. The van der Waals surface area contributed by atoms with Crippen molar-refractivity contribution in [2.75, 3.05) is 6.61 Å². The summed E-state index contributed by atoms with van der Waals surface area (Å²) in [6, 6.07) is 0. The number of alkyl halides is 4. The zero-order valence-corrected chi connectivity index (χ0v) is 16.1. The fourth-order valence-corrected chi connectivity index (χ4v) is 4.66. The Bertz CT molecular complexity index is 844. The van der Waals surface area contributed by atoms with Crippen LogP contribution in [-0.2, 0) is 38.7 Å². The molecule has 3 fully saturated rings.